The number of H-pyrrole nitrogens is 1. The van der Waals surface area contributed by atoms with Gasteiger partial charge in [-0.1, -0.05) is 72.8 Å². The lowest BCUT2D eigenvalue weighted by molar-refractivity contribution is 0.311. The van der Waals surface area contributed by atoms with Gasteiger partial charge in [-0.2, -0.15) is 9.61 Å². The van der Waals surface area contributed by atoms with Gasteiger partial charge >= 0.3 is 0 Å². The molecular formula is C27H21N7O3. The van der Waals surface area contributed by atoms with E-state index < -0.39 is 0 Å². The Morgan fingerprint density at radius 1 is 0.865 bits per heavy atom. The summed E-state index contributed by atoms with van der Waals surface area (Å²) >= 11 is 0. The number of hydrogen-bond acceptors (Lipinski definition) is 8. The van der Waals surface area contributed by atoms with Crippen LogP contribution in [-0.4, -0.2) is 32.0 Å². The van der Waals surface area contributed by atoms with Crippen molar-refractivity contribution in [1.29, 1.82) is 0 Å². The second-order valence-corrected chi connectivity index (χ2v) is 8.25. The molecule has 0 saturated heterocycles. The zero-order chi connectivity index (χ0) is 25.4. The minimum atomic E-state index is -0.337. The van der Waals surface area contributed by atoms with Crippen LogP contribution in [-0.2, 0) is 0 Å². The van der Waals surface area contributed by atoms with Gasteiger partial charge in [-0.05, 0) is 33.6 Å². The number of fused-ring (bicyclic) bond motifs is 1. The van der Waals surface area contributed by atoms with Gasteiger partial charge in [0.05, 0.1) is 18.2 Å². The molecule has 0 aliphatic rings. The maximum atomic E-state index is 14.1. The highest BCUT2D eigenvalue weighted by atomic mass is 16.6. The molecular weight excluding hydrogens is 470 g/mol. The minimum absolute atomic E-state index is 0.0585. The van der Waals surface area contributed by atoms with Gasteiger partial charge in [0.15, 0.2) is 0 Å². The Balaban J connectivity index is 1.68. The van der Waals surface area contributed by atoms with Crippen molar-refractivity contribution in [1.82, 2.24) is 24.9 Å². The lowest BCUT2D eigenvalue weighted by Crippen LogP contribution is -2.20. The Hall–Kier alpha value is -5.38. The highest BCUT2D eigenvalue weighted by Gasteiger charge is 2.23. The summed E-state index contributed by atoms with van der Waals surface area (Å²) in [6.45, 7) is 0. The zero-order valence-electron chi connectivity index (χ0n) is 19.7. The van der Waals surface area contributed by atoms with Crippen molar-refractivity contribution in [2.24, 2.45) is 0 Å². The molecule has 10 nitrogen and oxygen atoms in total. The first-order chi connectivity index (χ1) is 18.1. The van der Waals surface area contributed by atoms with E-state index in [0.29, 0.717) is 34.0 Å². The fraction of sp³-hybridized carbons (Fsp3) is 0.0370. The summed E-state index contributed by atoms with van der Waals surface area (Å²) in [6.07, 6.45) is 0. The summed E-state index contributed by atoms with van der Waals surface area (Å²) < 4.78 is 11.4. The van der Waals surface area contributed by atoms with Gasteiger partial charge in [-0.3, -0.25) is 4.79 Å². The van der Waals surface area contributed by atoms with Crippen molar-refractivity contribution in [2.75, 3.05) is 18.2 Å². The first-order valence-electron chi connectivity index (χ1n) is 11.4. The first-order valence-corrected chi connectivity index (χ1v) is 11.4. The zero-order valence-corrected chi connectivity index (χ0v) is 19.7. The molecule has 0 amide bonds. The van der Waals surface area contributed by atoms with Gasteiger partial charge in [0.1, 0.15) is 22.9 Å². The summed E-state index contributed by atoms with van der Waals surface area (Å²) in [5.41, 5.74) is 10.3. The summed E-state index contributed by atoms with van der Waals surface area (Å²) in [5.74, 6) is 1.27. The van der Waals surface area contributed by atoms with Gasteiger partial charge < -0.3 is 20.8 Å². The van der Waals surface area contributed by atoms with E-state index >= 15 is 0 Å². The maximum absolute atomic E-state index is 14.1. The molecule has 6 rings (SSSR count). The van der Waals surface area contributed by atoms with Crippen LogP contribution in [0.4, 0.5) is 17.5 Å². The molecule has 182 valence electrons. The lowest BCUT2D eigenvalue weighted by Gasteiger charge is -2.12. The number of rotatable bonds is 6. The van der Waals surface area contributed by atoms with Crippen LogP contribution in [0.2, 0.25) is 0 Å². The van der Waals surface area contributed by atoms with E-state index in [1.54, 1.807) is 31.4 Å². The highest BCUT2D eigenvalue weighted by Crippen LogP contribution is 2.36. The van der Waals surface area contributed by atoms with Crippen molar-refractivity contribution >= 4 is 23.1 Å². The molecule has 0 fully saturated rings. The standard InChI is InChI=1S/C27H21N7O3/c1-36-19-14-12-17(13-15-19)21-24(29-25-23(28)32-37-33-25)30-26-20(16-8-4-2-5-9-16)22(31-34(26)27(21)35)18-10-6-3-7-11-18/h2-15,30H,1H3,(H2,28,32)(H,29,33). The van der Waals surface area contributed by atoms with Crippen LogP contribution in [0.3, 0.4) is 0 Å². The van der Waals surface area contributed by atoms with E-state index in [4.69, 9.17) is 20.2 Å². The number of benzene rings is 3. The Kier molecular flexibility index (Phi) is 5.38. The normalized spacial score (nSPS) is 11.1. The third kappa shape index (κ3) is 3.86. The van der Waals surface area contributed by atoms with Gasteiger partial charge in [-0.25, -0.2) is 4.63 Å². The van der Waals surface area contributed by atoms with Crippen LogP contribution in [0.15, 0.2) is 94.4 Å². The molecule has 0 saturated carbocycles. The molecule has 3 aromatic heterocycles. The van der Waals surface area contributed by atoms with Gasteiger partial charge in [-0.15, -0.1) is 0 Å². The second-order valence-electron chi connectivity index (χ2n) is 8.25. The average molecular weight is 492 g/mol. The van der Waals surface area contributed by atoms with Gasteiger partial charge in [0.2, 0.25) is 11.6 Å². The average Bonchev–Trinajstić information content (AvgIpc) is 3.53. The van der Waals surface area contributed by atoms with E-state index in [1.165, 1.54) is 4.52 Å². The molecule has 0 bridgehead atoms. The Bertz CT molecular complexity index is 1760. The monoisotopic (exact) mass is 491 g/mol. The Morgan fingerprint density at radius 2 is 1.51 bits per heavy atom. The van der Waals surface area contributed by atoms with E-state index in [-0.39, 0.29) is 17.2 Å². The number of aromatic amines is 1. The van der Waals surface area contributed by atoms with Crippen molar-refractivity contribution in [3.05, 3.63) is 95.3 Å². The van der Waals surface area contributed by atoms with E-state index in [9.17, 15) is 4.79 Å². The molecule has 0 aliphatic carbocycles. The van der Waals surface area contributed by atoms with Crippen LogP contribution in [0.5, 0.6) is 5.75 Å². The fourth-order valence-electron chi connectivity index (χ4n) is 4.27. The van der Waals surface area contributed by atoms with E-state index in [2.05, 4.69) is 20.6 Å². The first kappa shape index (κ1) is 22.1. The predicted molar refractivity (Wildman–Crippen MR) is 141 cm³/mol. The summed E-state index contributed by atoms with van der Waals surface area (Å²) in [7, 11) is 1.58. The molecule has 0 aliphatic heterocycles. The van der Waals surface area contributed by atoms with Crippen LogP contribution in [0.1, 0.15) is 0 Å². The second kappa shape index (κ2) is 9.00. The molecule has 0 spiro atoms. The number of methoxy groups -OCH3 is 1. The van der Waals surface area contributed by atoms with E-state index in [1.807, 2.05) is 60.7 Å². The molecule has 37 heavy (non-hydrogen) atoms. The third-order valence-electron chi connectivity index (χ3n) is 6.03. The van der Waals surface area contributed by atoms with Crippen LogP contribution >= 0.6 is 0 Å². The van der Waals surface area contributed by atoms with Crippen LogP contribution < -0.4 is 21.3 Å². The van der Waals surface area contributed by atoms with E-state index in [0.717, 1.165) is 16.7 Å². The summed E-state index contributed by atoms with van der Waals surface area (Å²) in [4.78, 5) is 17.4. The summed E-state index contributed by atoms with van der Waals surface area (Å²) in [6, 6.07) is 26.7. The van der Waals surface area contributed by atoms with Crippen LogP contribution in [0.25, 0.3) is 39.2 Å². The number of nitrogens with one attached hydrogen (secondary N) is 2. The Morgan fingerprint density at radius 3 is 2.14 bits per heavy atom. The van der Waals surface area contributed by atoms with Crippen LogP contribution in [0, 0.1) is 0 Å². The van der Waals surface area contributed by atoms with Crippen molar-refractivity contribution < 1.29 is 9.37 Å². The predicted octanol–water partition coefficient (Wildman–Crippen LogP) is 4.74. The minimum Gasteiger partial charge on any atom is -0.497 e. The van der Waals surface area contributed by atoms with Crippen molar-refractivity contribution in [3.8, 4) is 39.3 Å². The molecule has 4 N–H and O–H groups in total. The number of ether oxygens (including phenoxy) is 1. The molecule has 0 radical (unpaired) electrons. The SMILES string of the molecule is COc1ccc(-c2c(Nc3nonc3N)[nH]c3c(-c4ccccc4)c(-c4ccccc4)nn3c2=O)cc1. The van der Waals surface area contributed by atoms with Gasteiger partial charge in [0.25, 0.3) is 5.56 Å². The smallest absolute Gasteiger partial charge is 0.284 e. The molecule has 3 aromatic carbocycles. The summed E-state index contributed by atoms with van der Waals surface area (Å²) in [5, 5.41) is 15.3. The molecule has 6 aromatic rings. The van der Waals surface area contributed by atoms with Crippen molar-refractivity contribution in [2.45, 2.75) is 0 Å². The quantitative estimate of drug-likeness (QED) is 0.304. The molecule has 10 heteroatoms. The number of aromatic nitrogens is 5. The highest BCUT2D eigenvalue weighted by molar-refractivity contribution is 5.92. The topological polar surface area (TPSA) is 136 Å². The number of anilines is 3. The maximum Gasteiger partial charge on any atom is 0.284 e. The third-order valence-corrected chi connectivity index (χ3v) is 6.03. The number of nitrogens with zero attached hydrogens (tertiary/aromatic N) is 4. The number of hydrogen-bond donors (Lipinski definition) is 3. The fourth-order valence-corrected chi connectivity index (χ4v) is 4.27. The molecule has 0 unspecified atom stereocenters. The van der Waals surface area contributed by atoms with Gasteiger partial charge in [0, 0.05) is 5.56 Å². The lowest BCUT2D eigenvalue weighted by atomic mass is 10.0. The Labute approximate surface area is 210 Å². The van der Waals surface area contributed by atoms with Crippen molar-refractivity contribution in [3.63, 3.8) is 0 Å². The molecule has 3 heterocycles. The largest absolute Gasteiger partial charge is 0.497 e. The number of nitrogens with two attached hydrogens (primary N) is 1. The molecule has 0 atom stereocenters. The number of nitrogen functional groups attached to an aromatic ring is 1.